The standard InChI is InChI=1S/C45H31N3/c1-2-13-28(14-3-1)42-33-17-6-10-23-39(33)46-44(47-42)29-25-26-40-34(27-29)32-18-12-22-38-43(32)48(40)41-24-11-9-21-37(41)45(38)35-19-7-4-15-30(35)31-16-5-8-20-36(31)45/h1-8,10,12-26,29H,9,11,27H2. The zero-order valence-corrected chi connectivity index (χ0v) is 26.4. The fourth-order valence-corrected chi connectivity index (χ4v) is 9.29. The molecule has 0 saturated heterocycles. The van der Waals surface area contributed by atoms with Crippen LogP contribution in [0.2, 0.25) is 0 Å². The van der Waals surface area contributed by atoms with Crippen molar-refractivity contribution in [3.63, 3.8) is 0 Å². The van der Waals surface area contributed by atoms with Crippen LogP contribution in [0, 0.1) is 0 Å². The van der Waals surface area contributed by atoms with Gasteiger partial charge in [-0.15, -0.1) is 0 Å². The summed E-state index contributed by atoms with van der Waals surface area (Å²) >= 11 is 0. The van der Waals surface area contributed by atoms with Crippen molar-refractivity contribution in [1.29, 1.82) is 0 Å². The Bertz CT molecular complexity index is 2550. The van der Waals surface area contributed by atoms with Crippen molar-refractivity contribution in [2.45, 2.75) is 30.6 Å². The van der Waals surface area contributed by atoms with Gasteiger partial charge in [0.2, 0.25) is 0 Å². The monoisotopic (exact) mass is 613 g/mol. The minimum absolute atomic E-state index is 0.0743. The molecule has 2 aromatic heterocycles. The van der Waals surface area contributed by atoms with E-state index < -0.39 is 0 Å². The largest absolute Gasteiger partial charge is 0.309 e. The predicted octanol–water partition coefficient (Wildman–Crippen LogP) is 10.5. The zero-order chi connectivity index (χ0) is 31.4. The van der Waals surface area contributed by atoms with Crippen molar-refractivity contribution in [2.75, 3.05) is 0 Å². The highest BCUT2D eigenvalue weighted by Gasteiger charge is 2.52. The van der Waals surface area contributed by atoms with E-state index in [1.54, 1.807) is 0 Å². The van der Waals surface area contributed by atoms with E-state index in [-0.39, 0.29) is 11.3 Å². The van der Waals surface area contributed by atoms with Crippen LogP contribution in [0.4, 0.5) is 0 Å². The summed E-state index contributed by atoms with van der Waals surface area (Å²) in [7, 11) is 0. The average molecular weight is 614 g/mol. The lowest BCUT2D eigenvalue weighted by atomic mass is 9.63. The summed E-state index contributed by atoms with van der Waals surface area (Å²) < 4.78 is 2.59. The molecule has 1 atom stereocenters. The quantitative estimate of drug-likeness (QED) is 0.194. The molecule has 48 heavy (non-hydrogen) atoms. The molecule has 3 heterocycles. The Morgan fingerprint density at radius 3 is 2.15 bits per heavy atom. The number of hydrogen-bond donors (Lipinski definition) is 0. The van der Waals surface area contributed by atoms with Crippen LogP contribution in [-0.2, 0) is 11.8 Å². The van der Waals surface area contributed by atoms with Crippen LogP contribution in [0.5, 0.6) is 0 Å². The Balaban J connectivity index is 1.15. The molecule has 3 nitrogen and oxygen atoms in total. The summed E-state index contributed by atoms with van der Waals surface area (Å²) in [5.41, 5.74) is 16.4. The molecule has 0 bridgehead atoms. The first-order valence-electron chi connectivity index (χ1n) is 17.1. The number of aromatic nitrogens is 3. The third-order valence-corrected chi connectivity index (χ3v) is 11.2. The van der Waals surface area contributed by atoms with Crippen molar-refractivity contribution in [3.8, 4) is 22.4 Å². The lowest BCUT2D eigenvalue weighted by Crippen LogP contribution is -2.35. The van der Waals surface area contributed by atoms with Crippen LogP contribution in [0.3, 0.4) is 0 Å². The maximum absolute atomic E-state index is 5.29. The Labute approximate surface area is 279 Å². The van der Waals surface area contributed by atoms with Crippen LogP contribution in [0.25, 0.3) is 56.0 Å². The molecule has 7 aromatic rings. The number of rotatable bonds is 2. The van der Waals surface area contributed by atoms with Gasteiger partial charge in [-0.05, 0) is 70.4 Å². The first kappa shape index (κ1) is 26.3. The molecule has 226 valence electrons. The third-order valence-electron chi connectivity index (χ3n) is 11.2. The molecule has 1 aliphatic heterocycles. The van der Waals surface area contributed by atoms with Crippen molar-refractivity contribution in [2.24, 2.45) is 0 Å². The molecule has 5 aromatic carbocycles. The van der Waals surface area contributed by atoms with Gasteiger partial charge in [0.25, 0.3) is 0 Å². The highest BCUT2D eigenvalue weighted by atomic mass is 15.0. The van der Waals surface area contributed by atoms with Gasteiger partial charge in [-0.1, -0.05) is 133 Å². The molecular formula is C45H31N3. The van der Waals surface area contributed by atoms with E-state index in [1.165, 1.54) is 61.2 Å². The van der Waals surface area contributed by atoms with Gasteiger partial charge < -0.3 is 4.57 Å². The van der Waals surface area contributed by atoms with Gasteiger partial charge >= 0.3 is 0 Å². The van der Waals surface area contributed by atoms with E-state index in [4.69, 9.17) is 9.97 Å². The Kier molecular flexibility index (Phi) is 5.27. The average Bonchev–Trinajstić information content (AvgIpc) is 3.65. The van der Waals surface area contributed by atoms with Crippen molar-refractivity contribution in [3.05, 3.63) is 179 Å². The van der Waals surface area contributed by atoms with Gasteiger partial charge in [0.1, 0.15) is 5.82 Å². The molecular weight excluding hydrogens is 583 g/mol. The summed E-state index contributed by atoms with van der Waals surface area (Å²) in [6.45, 7) is 0. The Morgan fingerprint density at radius 2 is 1.31 bits per heavy atom. The van der Waals surface area contributed by atoms with Crippen LogP contribution >= 0.6 is 0 Å². The van der Waals surface area contributed by atoms with Gasteiger partial charge in [0.05, 0.1) is 22.1 Å². The van der Waals surface area contributed by atoms with Crippen molar-refractivity contribution in [1.82, 2.24) is 14.5 Å². The van der Waals surface area contributed by atoms with Crippen LogP contribution in [0.1, 0.15) is 52.5 Å². The summed E-state index contributed by atoms with van der Waals surface area (Å²) in [4.78, 5) is 10.5. The van der Waals surface area contributed by atoms with E-state index in [2.05, 4.69) is 150 Å². The maximum Gasteiger partial charge on any atom is 0.136 e. The molecule has 1 spiro atoms. The fourth-order valence-electron chi connectivity index (χ4n) is 9.29. The summed E-state index contributed by atoms with van der Waals surface area (Å²) in [5, 5.41) is 2.43. The molecule has 3 heteroatoms. The summed E-state index contributed by atoms with van der Waals surface area (Å²) in [6, 6.07) is 44.2. The maximum atomic E-state index is 5.29. The van der Waals surface area contributed by atoms with E-state index in [0.29, 0.717) is 0 Å². The predicted molar refractivity (Wildman–Crippen MR) is 196 cm³/mol. The van der Waals surface area contributed by atoms with Crippen molar-refractivity contribution < 1.29 is 0 Å². The smallest absolute Gasteiger partial charge is 0.136 e. The number of allylic oxidation sites excluding steroid dienone is 5. The van der Waals surface area contributed by atoms with Crippen molar-refractivity contribution >= 4 is 33.6 Å². The second-order valence-corrected chi connectivity index (χ2v) is 13.5. The minimum atomic E-state index is -0.342. The molecule has 11 rings (SSSR count). The highest BCUT2D eigenvalue weighted by Crippen LogP contribution is 2.63. The Hall–Kier alpha value is -5.80. The number of fused-ring (bicyclic) bond motifs is 13. The topological polar surface area (TPSA) is 30.7 Å². The number of hydrogen-bond acceptors (Lipinski definition) is 2. The van der Waals surface area contributed by atoms with Crippen LogP contribution in [0.15, 0.2) is 145 Å². The molecule has 0 saturated carbocycles. The number of nitrogens with zero attached hydrogens (tertiary/aromatic N) is 3. The highest BCUT2D eigenvalue weighted by molar-refractivity contribution is 6.04. The van der Waals surface area contributed by atoms with E-state index in [9.17, 15) is 0 Å². The van der Waals surface area contributed by atoms with Crippen LogP contribution < -0.4 is 0 Å². The number of para-hydroxylation sites is 2. The zero-order valence-electron chi connectivity index (χ0n) is 26.4. The molecule has 1 unspecified atom stereocenters. The molecule has 0 amide bonds. The molecule has 0 fully saturated rings. The molecule has 3 aliphatic carbocycles. The molecule has 4 aliphatic rings. The normalized spacial score (nSPS) is 17.9. The summed E-state index contributed by atoms with van der Waals surface area (Å²) in [5.74, 6) is 0.958. The van der Waals surface area contributed by atoms with Crippen LogP contribution in [-0.4, -0.2) is 14.5 Å². The Morgan fingerprint density at radius 1 is 0.625 bits per heavy atom. The van der Waals surface area contributed by atoms with Gasteiger partial charge in [0, 0.05) is 33.6 Å². The second kappa shape index (κ2) is 9.62. The van der Waals surface area contributed by atoms with E-state index >= 15 is 0 Å². The molecule has 0 radical (unpaired) electrons. The van der Waals surface area contributed by atoms with Gasteiger partial charge in [-0.25, -0.2) is 9.97 Å². The second-order valence-electron chi connectivity index (χ2n) is 13.5. The first-order valence-corrected chi connectivity index (χ1v) is 17.1. The summed E-state index contributed by atoms with van der Waals surface area (Å²) in [6.07, 6.45) is 12.7. The third kappa shape index (κ3) is 3.28. The fraction of sp³-hybridized carbons (Fsp3) is 0.111. The van der Waals surface area contributed by atoms with Gasteiger partial charge in [-0.3, -0.25) is 0 Å². The minimum Gasteiger partial charge on any atom is -0.309 e. The molecule has 0 N–H and O–H groups in total. The van der Waals surface area contributed by atoms with E-state index in [1.807, 2.05) is 0 Å². The first-order chi connectivity index (χ1) is 23.8. The number of benzene rings is 5. The van der Waals surface area contributed by atoms with E-state index in [0.717, 1.165) is 47.2 Å². The lowest BCUT2D eigenvalue weighted by molar-refractivity contribution is 0.728. The van der Waals surface area contributed by atoms with Gasteiger partial charge in [0.15, 0.2) is 0 Å². The lowest BCUT2D eigenvalue weighted by Gasteiger charge is -2.42. The van der Waals surface area contributed by atoms with Gasteiger partial charge in [-0.2, -0.15) is 0 Å². The SMILES string of the molecule is C1=CC(c2nc(-c3ccccc3)c3ccccc3n2)Cc2c1n1c3c(cccc23)C2(C3=CCCC=C31)c1ccccc1-c1ccccc12.